The van der Waals surface area contributed by atoms with Crippen LogP contribution in [0.3, 0.4) is 0 Å². The van der Waals surface area contributed by atoms with Crippen molar-refractivity contribution in [2.75, 3.05) is 5.32 Å². The molecule has 1 aromatic heterocycles. The Morgan fingerprint density at radius 1 is 0.857 bits per heavy atom. The molecule has 0 amide bonds. The van der Waals surface area contributed by atoms with Crippen LogP contribution in [-0.4, -0.2) is 9.97 Å². The van der Waals surface area contributed by atoms with Gasteiger partial charge < -0.3 is 10.1 Å². The van der Waals surface area contributed by atoms with Gasteiger partial charge in [-0.05, 0) is 71.1 Å². The molecule has 174 valence electrons. The Balaban J connectivity index is 1.38. The molecule has 1 heterocycles. The van der Waals surface area contributed by atoms with Gasteiger partial charge in [-0.15, -0.1) is 0 Å². The lowest BCUT2D eigenvalue weighted by Crippen LogP contribution is -1.99. The number of hydrogen-bond acceptors (Lipinski definition) is 4. The van der Waals surface area contributed by atoms with E-state index in [9.17, 15) is 4.39 Å². The lowest BCUT2D eigenvalue weighted by molar-refractivity contribution is 0.306. The van der Waals surface area contributed by atoms with Crippen LogP contribution in [0.25, 0.3) is 22.0 Å². The number of aryl methyl sites for hydroxylation is 1. The highest BCUT2D eigenvalue weighted by Crippen LogP contribution is 2.32. The van der Waals surface area contributed by atoms with Crippen LogP contribution < -0.4 is 10.1 Å². The Morgan fingerprint density at radius 2 is 1.69 bits per heavy atom. The van der Waals surface area contributed by atoms with E-state index in [-0.39, 0.29) is 12.4 Å². The highest BCUT2D eigenvalue weighted by molar-refractivity contribution is 6.32. The van der Waals surface area contributed by atoms with E-state index in [4.69, 9.17) is 16.3 Å². The van der Waals surface area contributed by atoms with E-state index in [2.05, 4.69) is 58.6 Å². The van der Waals surface area contributed by atoms with Gasteiger partial charge in [-0.3, -0.25) is 0 Å². The van der Waals surface area contributed by atoms with Gasteiger partial charge in [0.05, 0.1) is 10.5 Å². The maximum atomic E-state index is 13.4. The Labute approximate surface area is 208 Å². The van der Waals surface area contributed by atoms with Gasteiger partial charge in [0.25, 0.3) is 0 Å². The second-order valence-electron chi connectivity index (χ2n) is 8.19. The van der Waals surface area contributed by atoms with Crippen molar-refractivity contribution in [3.63, 3.8) is 0 Å². The molecule has 0 unspecified atom stereocenters. The second-order valence-corrected chi connectivity index (χ2v) is 8.60. The molecule has 0 aliphatic rings. The van der Waals surface area contributed by atoms with Crippen molar-refractivity contribution in [2.45, 2.75) is 20.0 Å². The molecule has 1 N–H and O–H groups in total. The lowest BCUT2D eigenvalue weighted by Gasteiger charge is -2.12. The molecule has 4 aromatic carbocycles. The van der Waals surface area contributed by atoms with E-state index in [0.717, 1.165) is 39.7 Å². The fraction of sp³-hybridized carbons (Fsp3) is 0.103. The highest BCUT2D eigenvalue weighted by atomic mass is 35.5. The van der Waals surface area contributed by atoms with Gasteiger partial charge in [-0.2, -0.15) is 0 Å². The molecule has 4 nitrogen and oxygen atoms in total. The third-order valence-electron chi connectivity index (χ3n) is 5.81. The Hall–Kier alpha value is -3.96. The van der Waals surface area contributed by atoms with Crippen molar-refractivity contribution >= 4 is 34.0 Å². The van der Waals surface area contributed by atoms with E-state index in [1.807, 2.05) is 12.1 Å². The van der Waals surface area contributed by atoms with Crippen LogP contribution in [0.4, 0.5) is 15.9 Å². The van der Waals surface area contributed by atoms with Crippen LogP contribution in [0.5, 0.6) is 5.75 Å². The summed E-state index contributed by atoms with van der Waals surface area (Å²) >= 11 is 6.47. The van der Waals surface area contributed by atoms with E-state index < -0.39 is 0 Å². The van der Waals surface area contributed by atoms with Crippen LogP contribution in [0, 0.1) is 5.82 Å². The molecule has 0 radical (unpaired) electrons. The zero-order chi connectivity index (χ0) is 24.2. The van der Waals surface area contributed by atoms with E-state index in [0.29, 0.717) is 16.6 Å². The third kappa shape index (κ3) is 5.26. The first-order valence-corrected chi connectivity index (χ1v) is 11.7. The van der Waals surface area contributed by atoms with Crippen LogP contribution in [0.1, 0.15) is 18.1 Å². The minimum Gasteiger partial charge on any atom is -0.487 e. The maximum absolute atomic E-state index is 13.4. The molecule has 0 fully saturated rings. The van der Waals surface area contributed by atoms with Crippen molar-refractivity contribution in [3.05, 3.63) is 113 Å². The molecular weight excluding hydrogens is 461 g/mol. The van der Waals surface area contributed by atoms with E-state index >= 15 is 0 Å². The van der Waals surface area contributed by atoms with Gasteiger partial charge in [0.2, 0.25) is 0 Å². The Bertz CT molecular complexity index is 1490. The largest absolute Gasteiger partial charge is 0.487 e. The fourth-order valence-electron chi connectivity index (χ4n) is 3.89. The number of nitrogens with one attached hydrogen (secondary N) is 1. The SMILES string of the molecule is CCc1ccc(-c2ccc3ncnc(Nc4ccc(OCc5cccc(F)c5)c(Cl)c4)c3c2)cc1. The average molecular weight is 484 g/mol. The summed E-state index contributed by atoms with van der Waals surface area (Å²) in [6.07, 6.45) is 2.55. The molecule has 5 rings (SSSR count). The zero-order valence-electron chi connectivity index (χ0n) is 19.1. The van der Waals surface area contributed by atoms with E-state index in [1.54, 1.807) is 30.6 Å². The number of hydrogen-bond donors (Lipinski definition) is 1. The number of halogens is 2. The number of aromatic nitrogens is 2. The van der Waals surface area contributed by atoms with Crippen LogP contribution >= 0.6 is 11.6 Å². The van der Waals surface area contributed by atoms with Gasteiger partial charge >= 0.3 is 0 Å². The topological polar surface area (TPSA) is 47.0 Å². The second kappa shape index (κ2) is 10.1. The standard InChI is InChI=1S/C29H23ClFN3O/c1-2-19-6-8-21(9-7-19)22-10-12-27-25(15-22)29(33-18-32-27)34-24-11-13-28(26(30)16-24)35-17-20-4-3-5-23(31)14-20/h3-16,18H,2,17H2,1H3,(H,32,33,34). The molecule has 0 aliphatic heterocycles. The molecule has 6 heteroatoms. The summed E-state index contributed by atoms with van der Waals surface area (Å²) < 4.78 is 19.2. The first-order valence-electron chi connectivity index (χ1n) is 11.4. The summed E-state index contributed by atoms with van der Waals surface area (Å²) in [5, 5.41) is 4.71. The predicted octanol–water partition coefficient (Wildman–Crippen LogP) is 7.97. The molecule has 0 bridgehead atoms. The summed E-state index contributed by atoms with van der Waals surface area (Å²) in [7, 11) is 0. The number of ether oxygens (including phenoxy) is 1. The van der Waals surface area contributed by atoms with Gasteiger partial charge in [0.15, 0.2) is 0 Å². The zero-order valence-corrected chi connectivity index (χ0v) is 19.9. The molecule has 5 aromatic rings. The quantitative estimate of drug-likeness (QED) is 0.255. The maximum Gasteiger partial charge on any atom is 0.141 e. The fourth-order valence-corrected chi connectivity index (χ4v) is 4.12. The lowest BCUT2D eigenvalue weighted by atomic mass is 10.0. The number of anilines is 2. The van der Waals surface area contributed by atoms with Crippen LogP contribution in [-0.2, 0) is 13.0 Å². The van der Waals surface area contributed by atoms with Crippen molar-refractivity contribution in [1.82, 2.24) is 9.97 Å². The Kier molecular flexibility index (Phi) is 6.59. The molecule has 0 aliphatic carbocycles. The minimum atomic E-state index is -0.296. The van der Waals surface area contributed by atoms with Crippen LogP contribution in [0.15, 0.2) is 91.3 Å². The summed E-state index contributed by atoms with van der Waals surface area (Å²) in [5.41, 5.74) is 5.89. The summed E-state index contributed by atoms with van der Waals surface area (Å²) in [6.45, 7) is 2.37. The summed E-state index contributed by atoms with van der Waals surface area (Å²) in [6, 6.07) is 26.5. The minimum absolute atomic E-state index is 0.225. The Morgan fingerprint density at radius 3 is 2.46 bits per heavy atom. The third-order valence-corrected chi connectivity index (χ3v) is 6.10. The highest BCUT2D eigenvalue weighted by Gasteiger charge is 2.09. The van der Waals surface area contributed by atoms with Crippen LogP contribution in [0.2, 0.25) is 5.02 Å². The van der Waals surface area contributed by atoms with Crippen molar-refractivity contribution < 1.29 is 9.13 Å². The molecule has 0 saturated heterocycles. The van der Waals surface area contributed by atoms with Gasteiger partial charge in [0, 0.05) is 11.1 Å². The normalized spacial score (nSPS) is 10.9. The van der Waals surface area contributed by atoms with Gasteiger partial charge in [-0.1, -0.05) is 61.0 Å². The van der Waals surface area contributed by atoms with E-state index in [1.165, 1.54) is 17.7 Å². The van der Waals surface area contributed by atoms with Gasteiger partial charge in [-0.25, -0.2) is 14.4 Å². The van der Waals surface area contributed by atoms with Crippen molar-refractivity contribution in [2.24, 2.45) is 0 Å². The van der Waals surface area contributed by atoms with Crippen molar-refractivity contribution in [1.29, 1.82) is 0 Å². The summed E-state index contributed by atoms with van der Waals surface area (Å²) in [5.74, 6) is 0.910. The molecule has 0 saturated carbocycles. The monoisotopic (exact) mass is 483 g/mol. The first kappa shape index (κ1) is 22.8. The van der Waals surface area contributed by atoms with Gasteiger partial charge in [0.1, 0.15) is 30.3 Å². The number of nitrogens with zero attached hydrogens (tertiary/aromatic N) is 2. The number of benzene rings is 4. The average Bonchev–Trinajstić information content (AvgIpc) is 2.88. The number of fused-ring (bicyclic) bond motifs is 1. The predicted molar refractivity (Wildman–Crippen MR) is 140 cm³/mol. The molecule has 35 heavy (non-hydrogen) atoms. The smallest absolute Gasteiger partial charge is 0.141 e. The molecular formula is C29H23ClFN3O. The summed E-state index contributed by atoms with van der Waals surface area (Å²) in [4.78, 5) is 8.88. The first-order chi connectivity index (χ1) is 17.1. The molecule has 0 atom stereocenters. The number of rotatable bonds is 7. The van der Waals surface area contributed by atoms with Crippen molar-refractivity contribution in [3.8, 4) is 16.9 Å². The molecule has 0 spiro atoms.